The molecule has 1 heterocycles. The fourth-order valence-corrected chi connectivity index (χ4v) is 4.26. The van der Waals surface area contributed by atoms with Gasteiger partial charge < -0.3 is 5.73 Å². The molecule has 2 N–H and O–H groups in total. The molecule has 36 heavy (non-hydrogen) atoms. The molecule has 178 valence electrons. The molecular formula is C28H19F3N4O. The van der Waals surface area contributed by atoms with Gasteiger partial charge in [0.2, 0.25) is 5.91 Å². The molecule has 0 fully saturated rings. The van der Waals surface area contributed by atoms with Crippen LogP contribution in [0.15, 0.2) is 103 Å². The Morgan fingerprint density at radius 1 is 0.722 bits per heavy atom. The first-order valence-electron chi connectivity index (χ1n) is 11.0. The zero-order valence-electron chi connectivity index (χ0n) is 18.8. The van der Waals surface area contributed by atoms with Crippen molar-refractivity contribution in [2.45, 2.75) is 6.18 Å². The van der Waals surface area contributed by atoms with Crippen LogP contribution >= 0.6 is 0 Å². The highest BCUT2D eigenvalue weighted by atomic mass is 19.4. The predicted molar refractivity (Wildman–Crippen MR) is 131 cm³/mol. The first-order valence-corrected chi connectivity index (χ1v) is 11.0. The molecule has 0 spiro atoms. The van der Waals surface area contributed by atoms with Gasteiger partial charge in [-0.05, 0) is 28.8 Å². The summed E-state index contributed by atoms with van der Waals surface area (Å²) in [5.74, 6) is -1.14. The highest BCUT2D eigenvalue weighted by Gasteiger charge is 2.38. The minimum absolute atomic E-state index is 0.132. The topological polar surface area (TPSA) is 73.8 Å². The summed E-state index contributed by atoms with van der Waals surface area (Å²) in [6.07, 6.45) is -3.02. The SMILES string of the molecule is NC(=O)c1cccc(-c2ccccc2-c2ccccc2-n2cc(-c3ccccc3)nn2)c1C(F)(F)F. The van der Waals surface area contributed by atoms with Gasteiger partial charge in [0, 0.05) is 11.1 Å². The molecule has 1 aromatic heterocycles. The van der Waals surface area contributed by atoms with Crippen LogP contribution in [0.5, 0.6) is 0 Å². The third-order valence-electron chi connectivity index (χ3n) is 5.83. The monoisotopic (exact) mass is 484 g/mol. The Bertz CT molecular complexity index is 1560. The number of carbonyl (C=O) groups excluding carboxylic acids is 1. The number of carbonyl (C=O) groups is 1. The van der Waals surface area contributed by atoms with Crippen LogP contribution in [0.1, 0.15) is 15.9 Å². The third kappa shape index (κ3) is 4.24. The molecule has 0 saturated heterocycles. The molecular weight excluding hydrogens is 465 g/mol. The number of amides is 1. The lowest BCUT2D eigenvalue weighted by atomic mass is 9.89. The molecule has 5 nitrogen and oxygen atoms in total. The van der Waals surface area contributed by atoms with E-state index >= 15 is 0 Å². The molecule has 5 rings (SSSR count). The molecule has 0 aliphatic carbocycles. The average molecular weight is 484 g/mol. The lowest BCUT2D eigenvalue weighted by Crippen LogP contribution is -2.20. The van der Waals surface area contributed by atoms with Gasteiger partial charge in [-0.2, -0.15) is 13.2 Å². The quantitative estimate of drug-likeness (QED) is 0.314. The molecule has 8 heteroatoms. The summed E-state index contributed by atoms with van der Waals surface area (Å²) in [4.78, 5) is 11.9. The molecule has 4 aromatic carbocycles. The van der Waals surface area contributed by atoms with E-state index in [9.17, 15) is 18.0 Å². The van der Waals surface area contributed by atoms with Crippen LogP contribution in [0.2, 0.25) is 0 Å². The van der Waals surface area contributed by atoms with Crippen molar-refractivity contribution in [1.82, 2.24) is 15.0 Å². The van der Waals surface area contributed by atoms with Crippen LogP contribution in [0.25, 0.3) is 39.2 Å². The maximum atomic E-state index is 14.2. The number of nitrogens with zero attached hydrogens (tertiary/aromatic N) is 3. The number of aromatic nitrogens is 3. The lowest BCUT2D eigenvalue weighted by molar-refractivity contribution is -0.137. The fraction of sp³-hybridized carbons (Fsp3) is 0.0357. The molecule has 0 aliphatic rings. The first kappa shape index (κ1) is 23.0. The standard InChI is InChI=1S/C28H19F3N4O/c29-28(30,31)26-22(14-8-15-23(26)27(32)36)20-12-5-4-11-19(20)21-13-6-7-16-25(21)35-17-24(33-34-35)18-9-2-1-3-10-18/h1-17H,(H2,32,36). The smallest absolute Gasteiger partial charge is 0.366 e. The Morgan fingerprint density at radius 2 is 1.31 bits per heavy atom. The Kier molecular flexibility index (Phi) is 5.85. The summed E-state index contributed by atoms with van der Waals surface area (Å²) in [6, 6.07) is 27.4. The van der Waals surface area contributed by atoms with Crippen molar-refractivity contribution in [1.29, 1.82) is 0 Å². The second kappa shape index (κ2) is 9.14. The zero-order chi connectivity index (χ0) is 25.3. The predicted octanol–water partition coefficient (Wildman–Crippen LogP) is 6.39. The average Bonchev–Trinajstić information content (AvgIpc) is 3.38. The van der Waals surface area contributed by atoms with E-state index in [1.807, 2.05) is 48.5 Å². The van der Waals surface area contributed by atoms with Crippen molar-refractivity contribution >= 4 is 5.91 Å². The van der Waals surface area contributed by atoms with Crippen LogP contribution in [0, 0.1) is 0 Å². The second-order valence-corrected chi connectivity index (χ2v) is 8.07. The molecule has 0 saturated carbocycles. The number of para-hydroxylation sites is 1. The van der Waals surface area contributed by atoms with Gasteiger partial charge in [0.1, 0.15) is 5.69 Å². The van der Waals surface area contributed by atoms with Gasteiger partial charge in [0.25, 0.3) is 0 Å². The molecule has 0 aliphatic heterocycles. The Morgan fingerprint density at radius 3 is 1.97 bits per heavy atom. The van der Waals surface area contributed by atoms with Gasteiger partial charge >= 0.3 is 6.18 Å². The van der Waals surface area contributed by atoms with Gasteiger partial charge in [0.15, 0.2) is 0 Å². The number of nitrogens with two attached hydrogens (primary N) is 1. The van der Waals surface area contributed by atoms with Gasteiger partial charge in [-0.25, -0.2) is 4.68 Å². The van der Waals surface area contributed by atoms with Crippen LogP contribution in [-0.2, 0) is 6.18 Å². The van der Waals surface area contributed by atoms with E-state index in [2.05, 4.69) is 10.3 Å². The minimum Gasteiger partial charge on any atom is -0.366 e. The number of halogens is 3. The van der Waals surface area contributed by atoms with Gasteiger partial charge in [-0.15, -0.1) is 5.10 Å². The molecule has 1 amide bonds. The minimum atomic E-state index is -4.79. The van der Waals surface area contributed by atoms with E-state index in [0.29, 0.717) is 28.1 Å². The molecule has 0 unspecified atom stereocenters. The summed E-state index contributed by atoms with van der Waals surface area (Å²) < 4.78 is 44.1. The zero-order valence-corrected chi connectivity index (χ0v) is 18.8. The number of rotatable bonds is 5. The summed E-state index contributed by atoms with van der Waals surface area (Å²) in [5, 5.41) is 8.54. The van der Waals surface area contributed by atoms with Crippen molar-refractivity contribution in [2.75, 3.05) is 0 Å². The summed E-state index contributed by atoms with van der Waals surface area (Å²) in [7, 11) is 0. The maximum absolute atomic E-state index is 14.2. The largest absolute Gasteiger partial charge is 0.417 e. The van der Waals surface area contributed by atoms with Gasteiger partial charge in [-0.1, -0.05) is 90.1 Å². The van der Waals surface area contributed by atoms with Crippen LogP contribution in [0.3, 0.4) is 0 Å². The Hall–Kier alpha value is -4.72. The van der Waals surface area contributed by atoms with E-state index in [1.165, 1.54) is 12.1 Å². The molecule has 5 aromatic rings. The van der Waals surface area contributed by atoms with Crippen molar-refractivity contribution in [3.8, 4) is 39.2 Å². The van der Waals surface area contributed by atoms with E-state index < -0.39 is 23.2 Å². The van der Waals surface area contributed by atoms with Crippen LogP contribution in [-0.4, -0.2) is 20.9 Å². The van der Waals surface area contributed by atoms with Crippen molar-refractivity contribution < 1.29 is 18.0 Å². The number of benzene rings is 4. The van der Waals surface area contributed by atoms with E-state index in [0.717, 1.165) is 11.6 Å². The number of primary amides is 1. The van der Waals surface area contributed by atoms with Crippen LogP contribution in [0.4, 0.5) is 13.2 Å². The normalized spacial score (nSPS) is 11.4. The van der Waals surface area contributed by atoms with E-state index in [4.69, 9.17) is 5.73 Å². The third-order valence-corrected chi connectivity index (χ3v) is 5.83. The summed E-state index contributed by atoms with van der Waals surface area (Å²) in [5.41, 5.74) is 7.21. The van der Waals surface area contributed by atoms with Crippen LogP contribution < -0.4 is 5.73 Å². The fourth-order valence-electron chi connectivity index (χ4n) is 4.26. The van der Waals surface area contributed by atoms with Gasteiger partial charge in [0.05, 0.1) is 23.0 Å². The summed E-state index contributed by atoms with van der Waals surface area (Å²) >= 11 is 0. The lowest BCUT2D eigenvalue weighted by Gasteiger charge is -2.19. The highest BCUT2D eigenvalue weighted by molar-refractivity contribution is 5.98. The Balaban J connectivity index is 1.70. The number of alkyl halides is 3. The Labute approximate surface area is 204 Å². The second-order valence-electron chi connectivity index (χ2n) is 8.07. The highest BCUT2D eigenvalue weighted by Crippen LogP contribution is 2.43. The van der Waals surface area contributed by atoms with Gasteiger partial charge in [-0.3, -0.25) is 4.79 Å². The number of hydrogen-bond donors (Lipinski definition) is 1. The van der Waals surface area contributed by atoms with E-state index in [-0.39, 0.29) is 5.56 Å². The first-order chi connectivity index (χ1) is 17.3. The number of hydrogen-bond acceptors (Lipinski definition) is 3. The van der Waals surface area contributed by atoms with Crippen molar-refractivity contribution in [3.63, 3.8) is 0 Å². The van der Waals surface area contributed by atoms with Crippen molar-refractivity contribution in [3.05, 3.63) is 114 Å². The maximum Gasteiger partial charge on any atom is 0.417 e. The molecule has 0 radical (unpaired) electrons. The van der Waals surface area contributed by atoms with E-state index in [1.54, 1.807) is 41.2 Å². The molecule has 0 atom stereocenters. The van der Waals surface area contributed by atoms with Crippen molar-refractivity contribution in [2.24, 2.45) is 5.73 Å². The molecule has 0 bridgehead atoms. The summed E-state index contributed by atoms with van der Waals surface area (Å²) in [6.45, 7) is 0.